The summed E-state index contributed by atoms with van der Waals surface area (Å²) >= 11 is 1.58. The summed E-state index contributed by atoms with van der Waals surface area (Å²) in [5, 5.41) is 2.89. The zero-order chi connectivity index (χ0) is 14.2. The quantitative estimate of drug-likeness (QED) is 0.617. The molecule has 4 aromatic rings. The van der Waals surface area contributed by atoms with E-state index in [0.29, 0.717) is 5.56 Å². The van der Waals surface area contributed by atoms with E-state index in [9.17, 15) is 4.79 Å². The summed E-state index contributed by atoms with van der Waals surface area (Å²) in [5.41, 5.74) is 4.92. The van der Waals surface area contributed by atoms with Crippen LogP contribution in [0.2, 0.25) is 0 Å². The van der Waals surface area contributed by atoms with Gasteiger partial charge >= 0.3 is 0 Å². The summed E-state index contributed by atoms with van der Waals surface area (Å²) in [5.74, 6) is -0.145. The van der Waals surface area contributed by atoms with Gasteiger partial charge in [-0.3, -0.25) is 4.79 Å². The number of benzene rings is 1. The number of aromatic nitrogens is 3. The molecule has 0 aliphatic heterocycles. The minimum Gasteiger partial charge on any atom is -0.322 e. The maximum Gasteiger partial charge on any atom is 0.255 e. The fraction of sp³-hybridized carbons (Fsp3) is 0. The fourth-order valence-corrected chi connectivity index (χ4v) is 2.86. The first-order chi connectivity index (χ1) is 10.3. The maximum absolute atomic E-state index is 12.3. The van der Waals surface area contributed by atoms with Crippen LogP contribution in [0.15, 0.2) is 54.6 Å². The van der Waals surface area contributed by atoms with Gasteiger partial charge in [-0.1, -0.05) is 0 Å². The molecule has 3 aromatic heterocycles. The Kier molecular flexibility index (Phi) is 2.68. The van der Waals surface area contributed by atoms with Crippen LogP contribution >= 0.6 is 11.3 Å². The van der Waals surface area contributed by atoms with Gasteiger partial charge in [0.15, 0.2) is 0 Å². The van der Waals surface area contributed by atoms with Crippen LogP contribution in [0, 0.1) is 0 Å². The molecule has 0 radical (unpaired) electrons. The van der Waals surface area contributed by atoms with E-state index in [2.05, 4.69) is 15.3 Å². The van der Waals surface area contributed by atoms with E-state index in [1.165, 1.54) is 0 Å². The number of anilines is 1. The molecule has 102 valence electrons. The summed E-state index contributed by atoms with van der Waals surface area (Å²) < 4.78 is 2.96. The molecule has 0 atom stereocenters. The number of hydrogen-bond donors (Lipinski definition) is 1. The highest BCUT2D eigenvalue weighted by Crippen LogP contribution is 2.22. The van der Waals surface area contributed by atoms with Crippen molar-refractivity contribution in [2.75, 3.05) is 5.32 Å². The van der Waals surface area contributed by atoms with Crippen molar-refractivity contribution in [2.45, 2.75) is 0 Å². The highest BCUT2D eigenvalue weighted by molar-refractivity contribution is 7.16. The van der Waals surface area contributed by atoms with Gasteiger partial charge in [0.2, 0.25) is 0 Å². The first-order valence-corrected chi connectivity index (χ1v) is 7.24. The van der Waals surface area contributed by atoms with Crippen LogP contribution in [0.25, 0.3) is 15.7 Å². The third-order valence-corrected chi connectivity index (χ3v) is 4.07. The number of imidazole rings is 1. The first-order valence-electron chi connectivity index (χ1n) is 6.36. The van der Waals surface area contributed by atoms with Gasteiger partial charge in [0.25, 0.3) is 5.91 Å². The Balaban J connectivity index is 1.64. The number of rotatable bonds is 2. The number of carbonyl (C=O) groups is 1. The summed E-state index contributed by atoms with van der Waals surface area (Å²) in [6.45, 7) is 0. The molecule has 1 N–H and O–H groups in total. The van der Waals surface area contributed by atoms with E-state index in [1.54, 1.807) is 35.4 Å². The summed E-state index contributed by atoms with van der Waals surface area (Å²) in [7, 11) is 0. The van der Waals surface area contributed by atoms with Gasteiger partial charge in [-0.05, 0) is 30.3 Å². The van der Waals surface area contributed by atoms with Crippen LogP contribution in [0.3, 0.4) is 0 Å². The normalized spacial score (nSPS) is 11.0. The number of thiazole rings is 1. The van der Waals surface area contributed by atoms with Crippen molar-refractivity contribution >= 4 is 38.7 Å². The van der Waals surface area contributed by atoms with Crippen LogP contribution in [-0.4, -0.2) is 20.3 Å². The second-order valence-electron chi connectivity index (χ2n) is 4.63. The summed E-state index contributed by atoms with van der Waals surface area (Å²) in [4.78, 5) is 20.6. The van der Waals surface area contributed by atoms with Gasteiger partial charge in [0.05, 0.1) is 33.8 Å². The third kappa shape index (κ3) is 2.15. The molecule has 0 aliphatic carbocycles. The average molecular weight is 294 g/mol. The minimum absolute atomic E-state index is 0.145. The van der Waals surface area contributed by atoms with Crippen molar-refractivity contribution in [3.05, 3.63) is 60.1 Å². The SMILES string of the molecule is O=C(Nc1ccc2scnc2c1)c1ccn2cncc2c1. The second-order valence-corrected chi connectivity index (χ2v) is 5.52. The molecule has 3 heterocycles. The molecule has 0 unspecified atom stereocenters. The smallest absolute Gasteiger partial charge is 0.255 e. The van der Waals surface area contributed by atoms with Crippen molar-refractivity contribution in [3.63, 3.8) is 0 Å². The van der Waals surface area contributed by atoms with Crippen molar-refractivity contribution in [1.82, 2.24) is 14.4 Å². The number of fused-ring (bicyclic) bond motifs is 2. The lowest BCUT2D eigenvalue weighted by Gasteiger charge is -2.05. The fourth-order valence-electron chi connectivity index (χ4n) is 2.20. The number of amides is 1. The third-order valence-electron chi connectivity index (χ3n) is 3.26. The number of carbonyl (C=O) groups excluding carboxylic acids is 1. The minimum atomic E-state index is -0.145. The molecule has 0 bridgehead atoms. The van der Waals surface area contributed by atoms with Gasteiger partial charge in [0, 0.05) is 17.4 Å². The van der Waals surface area contributed by atoms with Gasteiger partial charge in [-0.25, -0.2) is 9.97 Å². The van der Waals surface area contributed by atoms with Gasteiger partial charge < -0.3 is 9.72 Å². The lowest BCUT2D eigenvalue weighted by atomic mass is 10.2. The summed E-state index contributed by atoms with van der Waals surface area (Å²) in [6.07, 6.45) is 5.24. The topological polar surface area (TPSA) is 59.3 Å². The molecule has 0 saturated heterocycles. The van der Waals surface area contributed by atoms with Crippen LogP contribution in [0.4, 0.5) is 5.69 Å². The molecule has 5 nitrogen and oxygen atoms in total. The first kappa shape index (κ1) is 12.0. The van der Waals surface area contributed by atoms with Crippen LogP contribution in [0.1, 0.15) is 10.4 Å². The summed E-state index contributed by atoms with van der Waals surface area (Å²) in [6, 6.07) is 9.30. The Morgan fingerprint density at radius 3 is 3.14 bits per heavy atom. The van der Waals surface area contributed by atoms with E-state index >= 15 is 0 Å². The standard InChI is InChI=1S/C15H10N4OS/c20-15(10-3-4-19-8-16-7-12(19)5-10)18-11-1-2-14-13(6-11)17-9-21-14/h1-9H,(H,18,20). The highest BCUT2D eigenvalue weighted by Gasteiger charge is 2.08. The van der Waals surface area contributed by atoms with Crippen molar-refractivity contribution in [1.29, 1.82) is 0 Å². The van der Waals surface area contributed by atoms with Gasteiger partial charge in [-0.15, -0.1) is 11.3 Å². The molecule has 0 aliphatic rings. The monoisotopic (exact) mass is 294 g/mol. The van der Waals surface area contributed by atoms with E-state index < -0.39 is 0 Å². The lowest BCUT2D eigenvalue weighted by Crippen LogP contribution is -2.12. The van der Waals surface area contributed by atoms with Crippen molar-refractivity contribution < 1.29 is 4.79 Å². The molecule has 0 spiro atoms. The number of pyridine rings is 1. The van der Waals surface area contributed by atoms with Gasteiger partial charge in [0.1, 0.15) is 0 Å². The Bertz CT molecular complexity index is 956. The van der Waals surface area contributed by atoms with E-state index in [1.807, 2.05) is 34.9 Å². The molecule has 21 heavy (non-hydrogen) atoms. The highest BCUT2D eigenvalue weighted by atomic mass is 32.1. The molecule has 0 saturated carbocycles. The molecule has 6 heteroatoms. The number of hydrogen-bond acceptors (Lipinski definition) is 4. The molecule has 1 aromatic carbocycles. The zero-order valence-electron chi connectivity index (χ0n) is 10.9. The van der Waals surface area contributed by atoms with E-state index in [4.69, 9.17) is 0 Å². The van der Waals surface area contributed by atoms with Crippen molar-refractivity contribution in [2.24, 2.45) is 0 Å². The van der Waals surface area contributed by atoms with E-state index in [-0.39, 0.29) is 5.91 Å². The molecular weight excluding hydrogens is 284 g/mol. The second kappa shape index (κ2) is 4.68. The van der Waals surface area contributed by atoms with Crippen LogP contribution < -0.4 is 5.32 Å². The van der Waals surface area contributed by atoms with E-state index in [0.717, 1.165) is 21.4 Å². The Morgan fingerprint density at radius 1 is 1.24 bits per heavy atom. The molecule has 1 amide bonds. The maximum atomic E-state index is 12.3. The van der Waals surface area contributed by atoms with Crippen molar-refractivity contribution in [3.8, 4) is 0 Å². The van der Waals surface area contributed by atoms with Gasteiger partial charge in [-0.2, -0.15) is 0 Å². The Morgan fingerprint density at radius 2 is 2.19 bits per heavy atom. The average Bonchev–Trinajstić information content (AvgIpc) is 3.14. The zero-order valence-corrected chi connectivity index (χ0v) is 11.7. The van der Waals surface area contributed by atoms with Crippen LogP contribution in [-0.2, 0) is 0 Å². The predicted molar refractivity (Wildman–Crippen MR) is 82.8 cm³/mol. The molecular formula is C15H10N4OS. The predicted octanol–water partition coefficient (Wildman–Crippen LogP) is 3.20. The Labute approximate surface area is 123 Å². The number of nitrogens with one attached hydrogen (secondary N) is 1. The molecule has 0 fully saturated rings. The lowest BCUT2D eigenvalue weighted by molar-refractivity contribution is 0.102. The number of nitrogens with zero attached hydrogens (tertiary/aromatic N) is 3. The molecule has 4 rings (SSSR count). The Hall–Kier alpha value is -2.73. The van der Waals surface area contributed by atoms with Crippen LogP contribution in [0.5, 0.6) is 0 Å². The largest absolute Gasteiger partial charge is 0.322 e.